The molecule has 5 heteroatoms. The molecule has 1 aliphatic heterocycles. The van der Waals surface area contributed by atoms with Crippen molar-refractivity contribution >= 4 is 35.0 Å². The average molecular weight is 383 g/mol. The Balaban J connectivity index is 1.78. The summed E-state index contributed by atoms with van der Waals surface area (Å²) in [6.45, 7) is 6.18. The third-order valence-corrected chi connectivity index (χ3v) is 5.93. The first-order valence-corrected chi connectivity index (χ1v) is 10.4. The number of rotatable bonds is 6. The van der Waals surface area contributed by atoms with Crippen molar-refractivity contribution in [1.29, 1.82) is 0 Å². The number of hydrogen-bond acceptors (Lipinski definition) is 3. The van der Waals surface area contributed by atoms with Crippen LogP contribution in [0.5, 0.6) is 0 Å². The van der Waals surface area contributed by atoms with Gasteiger partial charge < -0.3 is 5.32 Å². The van der Waals surface area contributed by atoms with Crippen molar-refractivity contribution in [1.82, 2.24) is 0 Å². The molecule has 3 rings (SSSR count). The second-order valence-corrected chi connectivity index (χ2v) is 8.06. The van der Waals surface area contributed by atoms with Crippen LogP contribution in [0.3, 0.4) is 0 Å². The molecule has 0 radical (unpaired) electrons. The molecule has 0 bridgehead atoms. The molecule has 142 valence electrons. The minimum atomic E-state index is -0.0382. The van der Waals surface area contributed by atoms with Crippen LogP contribution in [0.4, 0.5) is 11.4 Å². The largest absolute Gasteiger partial charge is 0.326 e. The van der Waals surface area contributed by atoms with Gasteiger partial charge in [0.05, 0.1) is 5.75 Å². The lowest BCUT2D eigenvalue weighted by molar-refractivity contribution is -0.116. The molecular weight excluding hydrogens is 356 g/mol. The first-order chi connectivity index (χ1) is 13.0. The molecule has 0 aromatic heterocycles. The predicted octanol–water partition coefficient (Wildman–Crippen LogP) is 5.21. The number of thioether (sulfide) groups is 1. The zero-order valence-corrected chi connectivity index (χ0v) is 16.9. The number of unbranched alkanes of at least 4 members (excludes halogenated alkanes) is 1. The molecule has 0 spiro atoms. The zero-order valence-electron chi connectivity index (χ0n) is 16.1. The van der Waals surface area contributed by atoms with E-state index in [1.165, 1.54) is 5.56 Å². The van der Waals surface area contributed by atoms with Gasteiger partial charge in [0.25, 0.3) is 0 Å². The molecule has 2 aromatic carbocycles. The van der Waals surface area contributed by atoms with Crippen molar-refractivity contribution in [2.45, 2.75) is 45.4 Å². The number of benzene rings is 2. The van der Waals surface area contributed by atoms with Gasteiger partial charge in [0.1, 0.15) is 5.37 Å². The summed E-state index contributed by atoms with van der Waals surface area (Å²) in [7, 11) is 0. The molecular formula is C22H26N2O2S. The predicted molar refractivity (Wildman–Crippen MR) is 113 cm³/mol. The van der Waals surface area contributed by atoms with Crippen molar-refractivity contribution < 1.29 is 9.59 Å². The second kappa shape index (κ2) is 8.61. The van der Waals surface area contributed by atoms with E-state index in [-0.39, 0.29) is 17.2 Å². The first-order valence-electron chi connectivity index (χ1n) is 9.40. The van der Waals surface area contributed by atoms with Crippen LogP contribution in [-0.4, -0.2) is 17.6 Å². The molecule has 0 unspecified atom stereocenters. The van der Waals surface area contributed by atoms with Gasteiger partial charge in [-0.25, -0.2) is 0 Å². The van der Waals surface area contributed by atoms with Gasteiger partial charge in [-0.2, -0.15) is 0 Å². The molecule has 1 fully saturated rings. The fourth-order valence-corrected chi connectivity index (χ4v) is 4.47. The summed E-state index contributed by atoms with van der Waals surface area (Å²) in [5, 5.41) is 2.90. The summed E-state index contributed by atoms with van der Waals surface area (Å²) in [5.41, 5.74) is 5.13. The van der Waals surface area contributed by atoms with Crippen LogP contribution in [-0.2, 0) is 9.59 Å². The van der Waals surface area contributed by atoms with Crippen molar-refractivity contribution in [3.8, 4) is 0 Å². The fourth-order valence-electron chi connectivity index (χ4n) is 3.30. The fraction of sp³-hybridized carbons (Fsp3) is 0.364. The third-order valence-electron chi connectivity index (χ3n) is 4.72. The molecule has 27 heavy (non-hydrogen) atoms. The molecule has 1 saturated heterocycles. The Labute approximate surface area is 165 Å². The molecule has 2 aromatic rings. The standard InChI is InChI=1S/C22H26N2O2S/c1-4-5-6-20(25)23-18-10-8-17(9-11-18)22-24(21(26)14-27-22)19-12-7-15(2)13-16(19)3/h7-13,22H,4-6,14H2,1-3H3,(H,23,25)/t22-/m0/s1. The van der Waals surface area contributed by atoms with Gasteiger partial charge in [0.2, 0.25) is 11.8 Å². The molecule has 1 aliphatic rings. The van der Waals surface area contributed by atoms with E-state index in [4.69, 9.17) is 0 Å². The lowest BCUT2D eigenvalue weighted by atomic mass is 10.1. The van der Waals surface area contributed by atoms with Crippen molar-refractivity contribution in [3.63, 3.8) is 0 Å². The molecule has 1 N–H and O–H groups in total. The summed E-state index contributed by atoms with van der Waals surface area (Å²) in [4.78, 5) is 26.3. The van der Waals surface area contributed by atoms with Crippen molar-refractivity contribution in [2.75, 3.05) is 16.0 Å². The van der Waals surface area contributed by atoms with E-state index in [1.54, 1.807) is 11.8 Å². The highest BCUT2D eigenvalue weighted by molar-refractivity contribution is 8.00. The first kappa shape index (κ1) is 19.5. The zero-order chi connectivity index (χ0) is 19.4. The highest BCUT2D eigenvalue weighted by atomic mass is 32.2. The Morgan fingerprint density at radius 1 is 1.19 bits per heavy atom. The highest BCUT2D eigenvalue weighted by Gasteiger charge is 2.34. The van der Waals surface area contributed by atoms with Crippen LogP contribution in [0.2, 0.25) is 0 Å². The number of carbonyl (C=O) groups is 2. The van der Waals surface area contributed by atoms with Crippen LogP contribution in [0, 0.1) is 13.8 Å². The van der Waals surface area contributed by atoms with Crippen LogP contribution in [0.25, 0.3) is 0 Å². The molecule has 1 atom stereocenters. The van der Waals surface area contributed by atoms with Crippen molar-refractivity contribution in [3.05, 3.63) is 59.2 Å². The van der Waals surface area contributed by atoms with Gasteiger partial charge in [0, 0.05) is 17.8 Å². The molecule has 0 aliphatic carbocycles. The van der Waals surface area contributed by atoms with Gasteiger partial charge in [-0.15, -0.1) is 11.8 Å². The topological polar surface area (TPSA) is 49.4 Å². The lowest BCUT2D eigenvalue weighted by Gasteiger charge is -2.26. The second-order valence-electron chi connectivity index (χ2n) is 6.99. The Morgan fingerprint density at radius 2 is 1.93 bits per heavy atom. The lowest BCUT2D eigenvalue weighted by Crippen LogP contribution is -2.28. The van der Waals surface area contributed by atoms with E-state index < -0.39 is 0 Å². The van der Waals surface area contributed by atoms with E-state index in [2.05, 4.69) is 25.2 Å². The quantitative estimate of drug-likeness (QED) is 0.746. The Morgan fingerprint density at radius 3 is 2.59 bits per heavy atom. The molecule has 0 saturated carbocycles. The number of nitrogens with one attached hydrogen (secondary N) is 1. The monoisotopic (exact) mass is 382 g/mol. The van der Waals surface area contributed by atoms with Crippen LogP contribution in [0.15, 0.2) is 42.5 Å². The minimum absolute atomic E-state index is 0.0382. The minimum Gasteiger partial charge on any atom is -0.326 e. The molecule has 4 nitrogen and oxygen atoms in total. The number of carbonyl (C=O) groups excluding carboxylic acids is 2. The third kappa shape index (κ3) is 4.53. The Hall–Kier alpha value is -2.27. The summed E-state index contributed by atoms with van der Waals surface area (Å²) in [6.07, 6.45) is 2.45. The number of aryl methyl sites for hydroxylation is 2. The van der Waals surface area contributed by atoms with Crippen molar-refractivity contribution in [2.24, 2.45) is 0 Å². The van der Waals surface area contributed by atoms with Crippen LogP contribution < -0.4 is 10.2 Å². The van der Waals surface area contributed by atoms with Gasteiger partial charge in [-0.3, -0.25) is 14.5 Å². The van der Waals surface area contributed by atoms with Crippen LogP contribution >= 0.6 is 11.8 Å². The number of nitrogens with zero attached hydrogens (tertiary/aromatic N) is 1. The Bertz CT molecular complexity index is 833. The molecule has 1 heterocycles. The van der Waals surface area contributed by atoms with E-state index in [1.807, 2.05) is 48.2 Å². The van der Waals surface area contributed by atoms with Gasteiger partial charge in [0.15, 0.2) is 0 Å². The van der Waals surface area contributed by atoms with E-state index in [9.17, 15) is 9.59 Å². The SMILES string of the molecule is CCCCC(=O)Nc1ccc([C@@H]2SCC(=O)N2c2ccc(C)cc2C)cc1. The van der Waals surface area contributed by atoms with E-state index >= 15 is 0 Å². The van der Waals surface area contributed by atoms with Gasteiger partial charge >= 0.3 is 0 Å². The summed E-state index contributed by atoms with van der Waals surface area (Å²) in [6, 6.07) is 14.0. The number of amides is 2. The van der Waals surface area contributed by atoms with Gasteiger partial charge in [-0.1, -0.05) is 43.2 Å². The highest BCUT2D eigenvalue weighted by Crippen LogP contribution is 2.43. The molecule has 2 amide bonds. The maximum Gasteiger partial charge on any atom is 0.238 e. The normalized spacial score (nSPS) is 16.6. The maximum absolute atomic E-state index is 12.6. The van der Waals surface area contributed by atoms with Gasteiger partial charge in [-0.05, 0) is 49.6 Å². The maximum atomic E-state index is 12.6. The number of hydrogen-bond donors (Lipinski definition) is 1. The van der Waals surface area contributed by atoms with Crippen LogP contribution in [0.1, 0.15) is 48.3 Å². The number of anilines is 2. The van der Waals surface area contributed by atoms with E-state index in [0.29, 0.717) is 12.2 Å². The Kier molecular flexibility index (Phi) is 6.22. The van der Waals surface area contributed by atoms with E-state index in [0.717, 1.165) is 35.3 Å². The smallest absolute Gasteiger partial charge is 0.238 e. The summed E-state index contributed by atoms with van der Waals surface area (Å²) >= 11 is 1.64. The summed E-state index contributed by atoms with van der Waals surface area (Å²) in [5.74, 6) is 0.661. The summed E-state index contributed by atoms with van der Waals surface area (Å²) < 4.78 is 0. The average Bonchev–Trinajstić information content (AvgIpc) is 3.02.